The molecule has 4 rings (SSSR count). The highest BCUT2D eigenvalue weighted by molar-refractivity contribution is 7.92. The summed E-state index contributed by atoms with van der Waals surface area (Å²) in [4.78, 5) is 22.2. The highest BCUT2D eigenvalue weighted by Crippen LogP contribution is 2.33. The monoisotopic (exact) mass is 680 g/mol. The lowest BCUT2D eigenvalue weighted by Crippen LogP contribution is -2.42. The number of rotatable bonds is 10. The number of benzene rings is 1. The molecule has 3 aromatic heterocycles. The molecule has 1 atom stereocenters. The first-order valence-electron chi connectivity index (χ1n) is 12.3. The number of carbonyl (C=O) groups excluding carboxylic acids is 1. The van der Waals surface area contributed by atoms with Crippen LogP contribution in [0, 0.1) is 19.8 Å². The molecule has 0 saturated heterocycles. The van der Waals surface area contributed by atoms with Crippen molar-refractivity contribution in [3.05, 3.63) is 56.1 Å². The summed E-state index contributed by atoms with van der Waals surface area (Å²) in [6.07, 6.45) is 0. The summed E-state index contributed by atoms with van der Waals surface area (Å²) in [6.45, 7) is 8.32. The summed E-state index contributed by atoms with van der Waals surface area (Å²) in [5.41, 5.74) is 1.99. The van der Waals surface area contributed by atoms with Crippen molar-refractivity contribution in [1.29, 1.82) is 0 Å². The maximum atomic E-state index is 13.5. The predicted octanol–water partition coefficient (Wildman–Crippen LogP) is 5.74. The second-order valence-electron chi connectivity index (χ2n) is 8.69. The first-order valence-corrected chi connectivity index (χ1v) is 15.9. The van der Waals surface area contributed by atoms with Crippen LogP contribution in [-0.4, -0.2) is 66.2 Å². The van der Waals surface area contributed by atoms with Gasteiger partial charge in [0.05, 0.1) is 40.7 Å². The van der Waals surface area contributed by atoms with Crippen molar-refractivity contribution in [2.75, 3.05) is 35.8 Å². The molecule has 0 bridgehead atoms. The number of nitrogens with one attached hydrogen (secondary N) is 1. The minimum absolute atomic E-state index is 0.0111. The third-order valence-electron chi connectivity index (χ3n) is 5.55. The van der Waals surface area contributed by atoms with Crippen LogP contribution in [0.1, 0.15) is 24.3 Å². The highest BCUT2D eigenvalue weighted by Gasteiger charge is 2.26. The van der Waals surface area contributed by atoms with Gasteiger partial charge in [0.25, 0.3) is 15.2 Å². The number of anilines is 2. The third kappa shape index (κ3) is 7.79. The number of nitrogens with zero attached hydrogens (tertiary/aromatic N) is 5. The number of thiophene rings is 1. The van der Waals surface area contributed by atoms with Gasteiger partial charge >= 0.3 is 6.01 Å². The predicted molar refractivity (Wildman–Crippen MR) is 163 cm³/mol. The maximum absolute atomic E-state index is 13.5. The van der Waals surface area contributed by atoms with Gasteiger partial charge < -0.3 is 14.4 Å². The minimum atomic E-state index is -4.23. The van der Waals surface area contributed by atoms with Crippen LogP contribution < -0.4 is 14.4 Å². The van der Waals surface area contributed by atoms with Crippen molar-refractivity contribution in [3.8, 4) is 6.01 Å². The molecule has 0 radical (unpaired) electrons. The topological polar surface area (TPSA) is 128 Å². The van der Waals surface area contributed by atoms with Crippen molar-refractivity contribution in [3.63, 3.8) is 0 Å². The lowest BCUT2D eigenvalue weighted by atomic mass is 10.2. The Bertz CT molecular complexity index is 1630. The molecule has 0 aliphatic rings. The number of para-hydroxylation sites is 1. The maximum Gasteiger partial charge on any atom is 0.322 e. The van der Waals surface area contributed by atoms with E-state index in [1.54, 1.807) is 36.3 Å². The zero-order valence-electron chi connectivity index (χ0n) is 23.2. The largest absolute Gasteiger partial charge is 0.464 e. The normalized spacial score (nSPS) is 12.0. The molecule has 0 spiro atoms. The zero-order valence-corrected chi connectivity index (χ0v) is 27.1. The molecule has 42 heavy (non-hydrogen) atoms. The molecule has 1 N–H and O–H groups in total. The SMILES string of the molecule is CCOc1nc(F)cc2nc(S(=O)(=O)Nc3c(Cl)cccc3Cl)nn12.COCC(C)N(C(=O)CCl)c1c(C)csc1C. The van der Waals surface area contributed by atoms with E-state index in [4.69, 9.17) is 44.3 Å². The van der Waals surface area contributed by atoms with Gasteiger partial charge in [-0.15, -0.1) is 28.0 Å². The van der Waals surface area contributed by atoms with Crippen LogP contribution in [0.3, 0.4) is 0 Å². The highest BCUT2D eigenvalue weighted by atomic mass is 35.5. The van der Waals surface area contributed by atoms with Crippen molar-refractivity contribution in [2.24, 2.45) is 0 Å². The van der Waals surface area contributed by atoms with E-state index in [0.29, 0.717) is 6.61 Å². The molecule has 4 aromatic rings. The van der Waals surface area contributed by atoms with Crippen LogP contribution in [-0.2, 0) is 19.6 Å². The Morgan fingerprint density at radius 2 is 1.90 bits per heavy atom. The average molecular weight is 682 g/mol. The van der Waals surface area contributed by atoms with Crippen molar-refractivity contribution in [1.82, 2.24) is 19.6 Å². The Morgan fingerprint density at radius 3 is 2.45 bits per heavy atom. The summed E-state index contributed by atoms with van der Waals surface area (Å²) in [6, 6.07) is 5.19. The van der Waals surface area contributed by atoms with E-state index in [9.17, 15) is 17.6 Å². The van der Waals surface area contributed by atoms with Gasteiger partial charge in [-0.2, -0.15) is 27.3 Å². The second kappa shape index (κ2) is 14.6. The number of halogens is 4. The van der Waals surface area contributed by atoms with E-state index in [1.807, 2.05) is 20.8 Å². The summed E-state index contributed by atoms with van der Waals surface area (Å²) >= 11 is 19.2. The lowest BCUT2D eigenvalue weighted by Gasteiger charge is -2.29. The smallest absolute Gasteiger partial charge is 0.322 e. The van der Waals surface area contributed by atoms with Crippen molar-refractivity contribution >= 4 is 79.1 Å². The number of hydrogen-bond acceptors (Lipinski definition) is 9. The molecular formula is C25H28Cl3FN6O5S2. The Hall–Kier alpha value is -2.75. The molecular weight excluding hydrogens is 654 g/mol. The van der Waals surface area contributed by atoms with E-state index < -0.39 is 21.1 Å². The van der Waals surface area contributed by atoms with Gasteiger partial charge in [0.2, 0.25) is 11.9 Å². The molecule has 228 valence electrons. The lowest BCUT2D eigenvalue weighted by molar-refractivity contribution is -0.116. The number of aromatic nitrogens is 4. The van der Waals surface area contributed by atoms with Gasteiger partial charge in [-0.1, -0.05) is 29.3 Å². The first-order chi connectivity index (χ1) is 19.8. The number of fused-ring (bicyclic) bond motifs is 1. The van der Waals surface area contributed by atoms with Crippen LogP contribution in [0.4, 0.5) is 15.8 Å². The Balaban J connectivity index is 0.000000250. The molecule has 3 heterocycles. The Morgan fingerprint density at radius 1 is 1.24 bits per heavy atom. The van der Waals surface area contributed by atoms with Crippen LogP contribution in [0.15, 0.2) is 34.8 Å². The second-order valence-corrected chi connectivity index (χ2v) is 12.4. The van der Waals surface area contributed by atoms with E-state index in [2.05, 4.69) is 25.2 Å². The number of alkyl halides is 1. The molecule has 1 unspecified atom stereocenters. The quantitative estimate of drug-likeness (QED) is 0.166. The number of hydrogen-bond donors (Lipinski definition) is 1. The molecule has 0 aliphatic carbocycles. The van der Waals surface area contributed by atoms with Gasteiger partial charge in [-0.05, 0) is 50.8 Å². The molecule has 0 fully saturated rings. The van der Waals surface area contributed by atoms with E-state index in [0.717, 1.165) is 26.7 Å². The fourth-order valence-corrected chi connectivity index (χ4v) is 6.38. The van der Waals surface area contributed by atoms with Crippen LogP contribution in [0.5, 0.6) is 6.01 Å². The Labute approximate surface area is 261 Å². The van der Waals surface area contributed by atoms with Gasteiger partial charge in [0, 0.05) is 18.1 Å². The van der Waals surface area contributed by atoms with E-state index >= 15 is 0 Å². The van der Waals surface area contributed by atoms with E-state index in [1.165, 1.54) is 12.1 Å². The minimum Gasteiger partial charge on any atom is -0.464 e. The van der Waals surface area contributed by atoms with Crippen LogP contribution in [0.25, 0.3) is 5.65 Å². The molecule has 0 aliphatic heterocycles. The van der Waals surface area contributed by atoms with Crippen molar-refractivity contribution in [2.45, 2.75) is 38.9 Å². The summed E-state index contributed by atoms with van der Waals surface area (Å²) in [5.74, 6) is -0.974. The molecule has 1 amide bonds. The van der Waals surface area contributed by atoms with Gasteiger partial charge in [-0.3, -0.25) is 9.52 Å². The number of aryl methyl sites for hydroxylation is 2. The number of amides is 1. The van der Waals surface area contributed by atoms with Gasteiger partial charge in [-0.25, -0.2) is 0 Å². The number of ether oxygens (including phenoxy) is 2. The Kier molecular flexibility index (Phi) is 11.7. The molecule has 11 nitrogen and oxygen atoms in total. The molecule has 17 heteroatoms. The zero-order chi connectivity index (χ0) is 31.2. The number of sulfonamides is 1. The first kappa shape index (κ1) is 33.7. The van der Waals surface area contributed by atoms with Crippen LogP contribution in [0.2, 0.25) is 10.0 Å². The van der Waals surface area contributed by atoms with Crippen molar-refractivity contribution < 1.29 is 27.1 Å². The van der Waals surface area contributed by atoms with Gasteiger partial charge in [0.1, 0.15) is 5.88 Å². The third-order valence-corrected chi connectivity index (χ3v) is 8.55. The fraction of sp³-hybridized carbons (Fsp3) is 0.360. The number of carbonyl (C=O) groups is 1. The van der Waals surface area contributed by atoms with Crippen LogP contribution >= 0.6 is 46.1 Å². The molecule has 0 saturated carbocycles. The summed E-state index contributed by atoms with van der Waals surface area (Å²) < 4.78 is 52.0. The summed E-state index contributed by atoms with van der Waals surface area (Å²) in [5, 5.41) is 5.45. The van der Waals surface area contributed by atoms with Gasteiger partial charge in [0.15, 0.2) is 5.65 Å². The standard InChI is InChI=1S/C13H10Cl2FN5O3S.C12H18ClNO2S/c1-2-24-13-17-9(16)6-10-18-12(19-21(10)13)25(22,23)20-11-7(14)4-3-5-8(11)15;1-8-7-17-10(3)12(8)14(11(15)5-13)9(2)6-16-4/h3-6,20H,2H2,1H3;7,9H,5-6H2,1-4H3. The molecule has 1 aromatic carbocycles. The summed E-state index contributed by atoms with van der Waals surface area (Å²) in [7, 11) is -2.60. The van der Waals surface area contributed by atoms with E-state index in [-0.39, 0.29) is 51.8 Å². The fourth-order valence-electron chi connectivity index (χ4n) is 3.82. The number of methoxy groups -OCH3 is 1. The average Bonchev–Trinajstić information content (AvgIpc) is 3.51.